The fourth-order valence-corrected chi connectivity index (χ4v) is 0.354. The van der Waals surface area contributed by atoms with Crippen LogP contribution >= 0.6 is 15.9 Å². The van der Waals surface area contributed by atoms with Gasteiger partial charge in [0, 0.05) is 7.11 Å². The molecule has 1 nitrogen and oxygen atoms in total. The molecule has 1 atom stereocenters. The molecular formula is C6H13BrO. The van der Waals surface area contributed by atoms with E-state index in [1.807, 2.05) is 0 Å². The van der Waals surface area contributed by atoms with Gasteiger partial charge in [0.2, 0.25) is 0 Å². The van der Waals surface area contributed by atoms with Crippen LogP contribution in [-0.2, 0) is 4.74 Å². The Bertz CT molecular complexity index is 65.4. The maximum absolute atomic E-state index is 5.03. The zero-order chi connectivity index (χ0) is 6.78. The first-order valence-electron chi connectivity index (χ1n) is 2.65. The third-order valence-corrected chi connectivity index (χ3v) is 2.64. The lowest BCUT2D eigenvalue weighted by atomic mass is 9.99. The summed E-state index contributed by atoms with van der Waals surface area (Å²) in [6, 6.07) is 0. The fourth-order valence-electron chi connectivity index (χ4n) is 0.354. The zero-order valence-corrected chi connectivity index (χ0v) is 7.45. The Labute approximate surface area is 59.5 Å². The van der Waals surface area contributed by atoms with Gasteiger partial charge in [-0.05, 0) is 5.41 Å². The van der Waals surface area contributed by atoms with Crippen LogP contribution in [0.2, 0.25) is 0 Å². The van der Waals surface area contributed by atoms with Crippen LogP contribution in [0.15, 0.2) is 0 Å². The largest absolute Gasteiger partial charge is 0.370 e. The Morgan fingerprint density at radius 3 is 1.75 bits per heavy atom. The van der Waals surface area contributed by atoms with Crippen molar-refractivity contribution in [1.29, 1.82) is 0 Å². The van der Waals surface area contributed by atoms with Crippen LogP contribution in [0.25, 0.3) is 0 Å². The normalized spacial score (nSPS) is 16.1. The molecule has 0 fully saturated rings. The number of alkyl halides is 1. The van der Waals surface area contributed by atoms with Crippen molar-refractivity contribution in [3.8, 4) is 0 Å². The lowest BCUT2D eigenvalue weighted by Crippen LogP contribution is -2.21. The van der Waals surface area contributed by atoms with Gasteiger partial charge in [0.1, 0.15) is 5.01 Å². The number of ether oxygens (including phenoxy) is 1. The zero-order valence-electron chi connectivity index (χ0n) is 5.86. The van der Waals surface area contributed by atoms with Gasteiger partial charge < -0.3 is 4.74 Å². The molecule has 0 aromatic heterocycles. The quantitative estimate of drug-likeness (QED) is 0.564. The van der Waals surface area contributed by atoms with Crippen molar-refractivity contribution < 1.29 is 4.74 Å². The van der Waals surface area contributed by atoms with Crippen molar-refractivity contribution in [1.82, 2.24) is 0 Å². The van der Waals surface area contributed by atoms with Gasteiger partial charge in [-0.1, -0.05) is 36.7 Å². The number of rotatable bonds is 1. The van der Waals surface area contributed by atoms with Gasteiger partial charge in [-0.2, -0.15) is 0 Å². The smallest absolute Gasteiger partial charge is 0.116 e. The van der Waals surface area contributed by atoms with Gasteiger partial charge in [-0.15, -0.1) is 0 Å². The Balaban J connectivity index is 3.62. The SMILES string of the molecule is COC(Br)C(C)(C)C. The summed E-state index contributed by atoms with van der Waals surface area (Å²) in [5, 5.41) is 0.162. The van der Waals surface area contributed by atoms with Crippen LogP contribution in [0.3, 0.4) is 0 Å². The average molecular weight is 181 g/mol. The minimum atomic E-state index is 0.162. The molecule has 50 valence electrons. The summed E-state index contributed by atoms with van der Waals surface area (Å²) < 4.78 is 5.03. The van der Waals surface area contributed by atoms with E-state index in [0.717, 1.165) is 0 Å². The molecule has 0 rings (SSSR count). The predicted molar refractivity (Wildman–Crippen MR) is 39.2 cm³/mol. The molecule has 0 radical (unpaired) electrons. The van der Waals surface area contributed by atoms with Gasteiger partial charge in [0.15, 0.2) is 0 Å². The Morgan fingerprint density at radius 1 is 1.38 bits per heavy atom. The van der Waals surface area contributed by atoms with E-state index < -0.39 is 0 Å². The molecule has 0 N–H and O–H groups in total. The molecule has 0 saturated carbocycles. The second kappa shape index (κ2) is 2.83. The van der Waals surface area contributed by atoms with Crippen molar-refractivity contribution in [2.75, 3.05) is 7.11 Å². The molecule has 0 amide bonds. The van der Waals surface area contributed by atoms with E-state index in [-0.39, 0.29) is 10.4 Å². The van der Waals surface area contributed by atoms with Crippen LogP contribution in [0.1, 0.15) is 20.8 Å². The van der Waals surface area contributed by atoms with Crippen LogP contribution in [0.4, 0.5) is 0 Å². The summed E-state index contributed by atoms with van der Waals surface area (Å²) in [5.74, 6) is 0. The molecule has 0 spiro atoms. The Kier molecular flexibility index (Phi) is 2.99. The van der Waals surface area contributed by atoms with Gasteiger partial charge >= 0.3 is 0 Å². The number of hydrogen-bond acceptors (Lipinski definition) is 1. The van der Waals surface area contributed by atoms with Crippen LogP contribution < -0.4 is 0 Å². The molecule has 0 bridgehead atoms. The summed E-state index contributed by atoms with van der Waals surface area (Å²) in [7, 11) is 1.70. The van der Waals surface area contributed by atoms with Gasteiger partial charge in [-0.25, -0.2) is 0 Å². The second-order valence-corrected chi connectivity index (χ2v) is 3.75. The number of halogens is 1. The highest BCUT2D eigenvalue weighted by Crippen LogP contribution is 2.25. The highest BCUT2D eigenvalue weighted by molar-refractivity contribution is 9.09. The van der Waals surface area contributed by atoms with E-state index in [1.165, 1.54) is 0 Å². The molecule has 0 heterocycles. The predicted octanol–water partition coefficient (Wildman–Crippen LogP) is 2.40. The first kappa shape index (κ1) is 8.44. The van der Waals surface area contributed by atoms with E-state index >= 15 is 0 Å². The second-order valence-electron chi connectivity index (χ2n) is 2.92. The van der Waals surface area contributed by atoms with Crippen LogP contribution in [0, 0.1) is 5.41 Å². The van der Waals surface area contributed by atoms with Crippen LogP contribution in [0.5, 0.6) is 0 Å². The third kappa shape index (κ3) is 2.68. The molecule has 0 aromatic rings. The molecule has 0 aliphatic carbocycles. The molecule has 1 unspecified atom stereocenters. The number of methoxy groups -OCH3 is 1. The van der Waals surface area contributed by atoms with Crippen molar-refractivity contribution in [2.24, 2.45) is 5.41 Å². The molecular weight excluding hydrogens is 168 g/mol. The maximum atomic E-state index is 5.03. The summed E-state index contributed by atoms with van der Waals surface area (Å²) in [6.45, 7) is 6.36. The molecule has 0 saturated heterocycles. The van der Waals surface area contributed by atoms with Gasteiger partial charge in [0.05, 0.1) is 0 Å². The van der Waals surface area contributed by atoms with Gasteiger partial charge in [0.25, 0.3) is 0 Å². The summed E-state index contributed by atoms with van der Waals surface area (Å²) in [5.41, 5.74) is 0.203. The van der Waals surface area contributed by atoms with E-state index in [4.69, 9.17) is 4.74 Å². The standard InChI is InChI=1S/C6H13BrO/c1-6(2,3)5(7)8-4/h5H,1-4H3. The molecule has 0 aliphatic heterocycles. The van der Waals surface area contributed by atoms with E-state index in [1.54, 1.807) is 7.11 Å². The van der Waals surface area contributed by atoms with Crippen LogP contribution in [-0.4, -0.2) is 12.1 Å². The summed E-state index contributed by atoms with van der Waals surface area (Å²) in [6.07, 6.45) is 0. The molecule has 0 aromatic carbocycles. The lowest BCUT2D eigenvalue weighted by molar-refractivity contribution is 0.0916. The Hall–Kier alpha value is 0.440. The van der Waals surface area contributed by atoms with E-state index in [0.29, 0.717) is 0 Å². The maximum Gasteiger partial charge on any atom is 0.116 e. The van der Waals surface area contributed by atoms with E-state index in [9.17, 15) is 0 Å². The van der Waals surface area contributed by atoms with Gasteiger partial charge in [-0.3, -0.25) is 0 Å². The first-order chi connectivity index (χ1) is 3.48. The van der Waals surface area contributed by atoms with Crippen molar-refractivity contribution in [3.63, 3.8) is 0 Å². The Morgan fingerprint density at radius 2 is 1.75 bits per heavy atom. The molecule has 0 aliphatic rings. The lowest BCUT2D eigenvalue weighted by Gasteiger charge is -2.23. The monoisotopic (exact) mass is 180 g/mol. The third-order valence-electron chi connectivity index (χ3n) is 0.888. The molecule has 8 heavy (non-hydrogen) atoms. The van der Waals surface area contributed by atoms with E-state index in [2.05, 4.69) is 36.7 Å². The minimum Gasteiger partial charge on any atom is -0.370 e. The van der Waals surface area contributed by atoms with Crippen molar-refractivity contribution in [2.45, 2.75) is 25.8 Å². The summed E-state index contributed by atoms with van der Waals surface area (Å²) in [4.78, 5) is 0. The minimum absolute atomic E-state index is 0.162. The average Bonchev–Trinajstić information content (AvgIpc) is 1.62. The van der Waals surface area contributed by atoms with Crippen molar-refractivity contribution in [3.05, 3.63) is 0 Å². The number of hydrogen-bond donors (Lipinski definition) is 0. The summed E-state index contributed by atoms with van der Waals surface area (Å²) >= 11 is 3.38. The topological polar surface area (TPSA) is 9.23 Å². The van der Waals surface area contributed by atoms with Crippen molar-refractivity contribution >= 4 is 15.9 Å². The fraction of sp³-hybridized carbons (Fsp3) is 1.00. The first-order valence-corrected chi connectivity index (χ1v) is 3.57. The highest BCUT2D eigenvalue weighted by Gasteiger charge is 2.20. The molecule has 2 heteroatoms. The highest BCUT2D eigenvalue weighted by atomic mass is 79.9.